The van der Waals surface area contributed by atoms with Crippen LogP contribution in [0, 0.1) is 0 Å². The van der Waals surface area contributed by atoms with Gasteiger partial charge < -0.3 is 20.5 Å². The van der Waals surface area contributed by atoms with Crippen LogP contribution >= 0.6 is 0 Å². The van der Waals surface area contributed by atoms with Gasteiger partial charge in [0.15, 0.2) is 0 Å². The maximum Gasteiger partial charge on any atom is 0.220 e. The SMILES string of the molecule is CNCCCC(=O)NCC(C)(O)CCOC. The van der Waals surface area contributed by atoms with Crippen LogP contribution in [0.4, 0.5) is 0 Å². The lowest BCUT2D eigenvalue weighted by Crippen LogP contribution is -2.41. The summed E-state index contributed by atoms with van der Waals surface area (Å²) in [7, 11) is 3.44. The second-order valence-corrected chi connectivity index (χ2v) is 4.22. The minimum absolute atomic E-state index is 0.0204. The molecule has 3 N–H and O–H groups in total. The molecule has 5 nitrogen and oxygen atoms in total. The molecule has 16 heavy (non-hydrogen) atoms. The third-order valence-corrected chi connectivity index (χ3v) is 2.34. The molecule has 0 rings (SSSR count). The largest absolute Gasteiger partial charge is 0.388 e. The molecule has 5 heteroatoms. The molecule has 0 aliphatic heterocycles. The molecule has 0 saturated heterocycles. The summed E-state index contributed by atoms with van der Waals surface area (Å²) in [5.41, 5.74) is -0.894. The van der Waals surface area contributed by atoms with E-state index in [0.717, 1.165) is 13.0 Å². The van der Waals surface area contributed by atoms with Gasteiger partial charge in [-0.05, 0) is 26.9 Å². The highest BCUT2D eigenvalue weighted by Gasteiger charge is 2.20. The average Bonchev–Trinajstić information content (AvgIpc) is 2.24. The smallest absolute Gasteiger partial charge is 0.220 e. The Morgan fingerprint density at radius 2 is 2.19 bits per heavy atom. The van der Waals surface area contributed by atoms with Gasteiger partial charge in [0.1, 0.15) is 0 Å². The number of carbonyl (C=O) groups excluding carboxylic acids is 1. The van der Waals surface area contributed by atoms with E-state index in [1.807, 2.05) is 7.05 Å². The Balaban J connectivity index is 3.64. The second-order valence-electron chi connectivity index (χ2n) is 4.22. The fraction of sp³-hybridized carbons (Fsp3) is 0.909. The lowest BCUT2D eigenvalue weighted by molar-refractivity contribution is -0.122. The first kappa shape index (κ1) is 15.3. The van der Waals surface area contributed by atoms with Gasteiger partial charge in [-0.3, -0.25) is 4.79 Å². The number of methoxy groups -OCH3 is 1. The predicted octanol–water partition coefficient (Wildman–Crippen LogP) is -0.110. The van der Waals surface area contributed by atoms with Crippen molar-refractivity contribution in [3.05, 3.63) is 0 Å². The molecule has 0 fully saturated rings. The average molecular weight is 232 g/mol. The molecule has 0 spiro atoms. The van der Waals surface area contributed by atoms with Gasteiger partial charge in [0, 0.05) is 33.1 Å². The molecule has 1 atom stereocenters. The fourth-order valence-electron chi connectivity index (χ4n) is 1.21. The van der Waals surface area contributed by atoms with Crippen molar-refractivity contribution < 1.29 is 14.6 Å². The minimum atomic E-state index is -0.894. The van der Waals surface area contributed by atoms with E-state index in [2.05, 4.69) is 10.6 Å². The first-order valence-electron chi connectivity index (χ1n) is 5.64. The molecule has 0 aromatic carbocycles. The van der Waals surface area contributed by atoms with Gasteiger partial charge in [-0.2, -0.15) is 0 Å². The molecule has 1 amide bonds. The third-order valence-electron chi connectivity index (χ3n) is 2.34. The normalized spacial score (nSPS) is 14.5. The van der Waals surface area contributed by atoms with Crippen LogP contribution in [0.15, 0.2) is 0 Å². The Morgan fingerprint density at radius 3 is 2.75 bits per heavy atom. The van der Waals surface area contributed by atoms with Gasteiger partial charge in [0.05, 0.1) is 5.60 Å². The summed E-state index contributed by atoms with van der Waals surface area (Å²) in [4.78, 5) is 11.4. The van der Waals surface area contributed by atoms with Crippen molar-refractivity contribution in [2.45, 2.75) is 31.8 Å². The van der Waals surface area contributed by atoms with Gasteiger partial charge >= 0.3 is 0 Å². The molecule has 0 bridgehead atoms. The van der Waals surface area contributed by atoms with Crippen LogP contribution in [0.25, 0.3) is 0 Å². The van der Waals surface area contributed by atoms with Gasteiger partial charge in [-0.15, -0.1) is 0 Å². The number of aliphatic hydroxyl groups is 1. The maximum absolute atomic E-state index is 11.4. The van der Waals surface area contributed by atoms with Crippen molar-refractivity contribution in [3.63, 3.8) is 0 Å². The first-order chi connectivity index (χ1) is 7.52. The van der Waals surface area contributed by atoms with Crippen molar-refractivity contribution in [1.82, 2.24) is 10.6 Å². The van der Waals surface area contributed by atoms with E-state index >= 15 is 0 Å². The Kier molecular flexibility index (Phi) is 8.15. The number of hydrogen-bond donors (Lipinski definition) is 3. The fourth-order valence-corrected chi connectivity index (χ4v) is 1.21. The lowest BCUT2D eigenvalue weighted by Gasteiger charge is -2.23. The van der Waals surface area contributed by atoms with E-state index in [1.54, 1.807) is 14.0 Å². The summed E-state index contributed by atoms with van der Waals surface area (Å²) in [6, 6.07) is 0. The zero-order valence-corrected chi connectivity index (χ0v) is 10.5. The number of rotatable bonds is 9. The van der Waals surface area contributed by atoms with E-state index in [1.165, 1.54) is 0 Å². The predicted molar refractivity (Wildman–Crippen MR) is 63.3 cm³/mol. The molecule has 0 aromatic heterocycles. The van der Waals surface area contributed by atoms with Gasteiger partial charge in [-0.1, -0.05) is 0 Å². The van der Waals surface area contributed by atoms with E-state index in [-0.39, 0.29) is 12.5 Å². The number of ether oxygens (including phenoxy) is 1. The standard InChI is InChI=1S/C11H24N2O3/c1-11(15,6-8-16-3)9-13-10(14)5-4-7-12-2/h12,15H,4-9H2,1-3H3,(H,13,14). The molecule has 0 aliphatic rings. The zero-order chi connectivity index (χ0) is 12.4. The van der Waals surface area contributed by atoms with Crippen LogP contribution < -0.4 is 10.6 Å². The topological polar surface area (TPSA) is 70.6 Å². The molecule has 0 saturated carbocycles. The van der Waals surface area contributed by atoms with E-state index in [9.17, 15) is 9.90 Å². The van der Waals surface area contributed by atoms with Gasteiger partial charge in [-0.25, -0.2) is 0 Å². The van der Waals surface area contributed by atoms with Gasteiger partial charge in [0.2, 0.25) is 5.91 Å². The molecule has 96 valence electrons. The highest BCUT2D eigenvalue weighted by molar-refractivity contribution is 5.75. The minimum Gasteiger partial charge on any atom is -0.388 e. The highest BCUT2D eigenvalue weighted by atomic mass is 16.5. The zero-order valence-electron chi connectivity index (χ0n) is 10.5. The summed E-state index contributed by atoms with van der Waals surface area (Å²) in [6.45, 7) is 3.28. The van der Waals surface area contributed by atoms with Gasteiger partial charge in [0.25, 0.3) is 0 Å². The quantitative estimate of drug-likeness (QED) is 0.485. The van der Waals surface area contributed by atoms with Crippen LogP contribution in [0.1, 0.15) is 26.2 Å². The van der Waals surface area contributed by atoms with Crippen molar-refractivity contribution in [1.29, 1.82) is 0 Å². The van der Waals surface area contributed by atoms with E-state index < -0.39 is 5.60 Å². The van der Waals surface area contributed by atoms with Crippen LogP contribution in [0.5, 0.6) is 0 Å². The summed E-state index contributed by atoms with van der Waals surface area (Å²) in [5, 5.41) is 15.6. The Morgan fingerprint density at radius 1 is 1.50 bits per heavy atom. The van der Waals surface area contributed by atoms with Crippen molar-refractivity contribution in [2.24, 2.45) is 0 Å². The summed E-state index contributed by atoms with van der Waals surface area (Å²) >= 11 is 0. The summed E-state index contributed by atoms with van der Waals surface area (Å²) < 4.78 is 4.88. The molecule has 0 heterocycles. The number of nitrogens with one attached hydrogen (secondary N) is 2. The van der Waals surface area contributed by atoms with Crippen molar-refractivity contribution >= 4 is 5.91 Å². The summed E-state index contributed by atoms with van der Waals surface area (Å²) in [5.74, 6) is -0.0204. The molecule has 0 aliphatic carbocycles. The Bertz CT molecular complexity index is 196. The summed E-state index contributed by atoms with van der Waals surface area (Å²) in [6.07, 6.45) is 1.81. The number of hydrogen-bond acceptors (Lipinski definition) is 4. The number of amides is 1. The molecular formula is C11H24N2O3. The first-order valence-corrected chi connectivity index (χ1v) is 5.64. The van der Waals surface area contributed by atoms with Crippen LogP contribution in [-0.2, 0) is 9.53 Å². The van der Waals surface area contributed by atoms with E-state index in [0.29, 0.717) is 19.4 Å². The number of carbonyl (C=O) groups is 1. The van der Waals surface area contributed by atoms with Crippen LogP contribution in [0.3, 0.4) is 0 Å². The lowest BCUT2D eigenvalue weighted by atomic mass is 10.0. The van der Waals surface area contributed by atoms with Crippen molar-refractivity contribution in [2.75, 3.05) is 33.9 Å². The molecule has 0 radical (unpaired) electrons. The third kappa shape index (κ3) is 8.64. The Hall–Kier alpha value is -0.650. The van der Waals surface area contributed by atoms with E-state index in [4.69, 9.17) is 4.74 Å². The molecular weight excluding hydrogens is 208 g/mol. The molecule has 0 aromatic rings. The van der Waals surface area contributed by atoms with Crippen molar-refractivity contribution in [3.8, 4) is 0 Å². The highest BCUT2D eigenvalue weighted by Crippen LogP contribution is 2.07. The van der Waals surface area contributed by atoms with Crippen LogP contribution in [0.2, 0.25) is 0 Å². The Labute approximate surface area is 97.6 Å². The monoisotopic (exact) mass is 232 g/mol. The van der Waals surface area contributed by atoms with Crippen LogP contribution in [-0.4, -0.2) is 50.5 Å². The maximum atomic E-state index is 11.4. The molecule has 1 unspecified atom stereocenters. The second kappa shape index (κ2) is 8.50.